The van der Waals surface area contributed by atoms with Crippen LogP contribution in [0.5, 0.6) is 5.75 Å². The zero-order chi connectivity index (χ0) is 36.1. The van der Waals surface area contributed by atoms with Crippen LogP contribution in [0.25, 0.3) is 0 Å². The van der Waals surface area contributed by atoms with Crippen molar-refractivity contribution in [3.63, 3.8) is 0 Å². The van der Waals surface area contributed by atoms with E-state index in [-0.39, 0.29) is 41.0 Å². The molecule has 1 spiro atoms. The number of aryl methyl sites for hydroxylation is 1. The van der Waals surface area contributed by atoms with Gasteiger partial charge in [0.05, 0.1) is 18.4 Å². The summed E-state index contributed by atoms with van der Waals surface area (Å²) < 4.78 is 43.5. The summed E-state index contributed by atoms with van der Waals surface area (Å²) >= 11 is 6.45. The number of rotatable bonds is 4. The minimum atomic E-state index is -4.48. The summed E-state index contributed by atoms with van der Waals surface area (Å²) in [7, 11) is -6.68. The molecule has 50 heavy (non-hydrogen) atoms. The lowest BCUT2D eigenvalue weighted by Gasteiger charge is -2.48. The van der Waals surface area contributed by atoms with E-state index in [4.69, 9.17) is 20.8 Å². The van der Waals surface area contributed by atoms with Crippen LogP contribution in [0.2, 0.25) is 23.2 Å². The van der Waals surface area contributed by atoms with Gasteiger partial charge in [-0.3, -0.25) is 9.59 Å². The molecule has 2 heterocycles. The number of nitrogens with one attached hydrogen (secondary N) is 1. The molecule has 2 aromatic carbocycles. The summed E-state index contributed by atoms with van der Waals surface area (Å²) in [6.07, 6.45) is 8.98. The topological polar surface area (TPSA) is 125 Å². The third-order valence-corrected chi connectivity index (χ3v) is 17.8. The maximum atomic E-state index is 13.5. The Hall–Kier alpha value is -2.90. The third kappa shape index (κ3) is 7.50. The highest BCUT2D eigenvalue weighted by Crippen LogP contribution is 2.48. The number of amides is 1. The van der Waals surface area contributed by atoms with Gasteiger partial charge in [0.2, 0.25) is 0 Å². The molecule has 4 atom stereocenters. The van der Waals surface area contributed by atoms with E-state index >= 15 is 0 Å². The van der Waals surface area contributed by atoms with Crippen LogP contribution >= 0.6 is 11.6 Å². The van der Waals surface area contributed by atoms with Crippen LogP contribution in [-0.2, 0) is 31.3 Å². The fourth-order valence-electron chi connectivity index (χ4n) is 7.70. The molecule has 0 saturated heterocycles. The quantitative estimate of drug-likeness (QED) is 0.267. The fraction of sp³-hybridized carbons (Fsp3) is 0.568. The normalized spacial score (nSPS) is 27.9. The Morgan fingerprint density at radius 2 is 1.96 bits per heavy atom. The number of anilines is 1. The average Bonchev–Trinajstić information content (AvgIpc) is 3.16. The van der Waals surface area contributed by atoms with E-state index in [9.17, 15) is 23.1 Å². The number of carbonyl (C=O) groups excluding carboxylic acids is 1. The Kier molecular flexibility index (Phi) is 10.3. The molecule has 2 N–H and O–H groups in total. The first kappa shape index (κ1) is 36.9. The first-order valence-corrected chi connectivity index (χ1v) is 22.4. The van der Waals surface area contributed by atoms with E-state index in [1.165, 1.54) is 11.1 Å². The number of aliphatic carboxylic acids is 1. The predicted octanol–water partition coefficient (Wildman–Crippen LogP) is 6.55. The maximum Gasteiger partial charge on any atom is 0.318 e. The average molecular weight is 744 g/mol. The van der Waals surface area contributed by atoms with Crippen molar-refractivity contribution in [3.05, 3.63) is 70.3 Å². The molecule has 4 aliphatic rings. The van der Waals surface area contributed by atoms with Gasteiger partial charge >= 0.3 is 16.2 Å². The van der Waals surface area contributed by atoms with E-state index in [0.717, 1.165) is 48.6 Å². The fourth-order valence-corrected chi connectivity index (χ4v) is 10.3. The van der Waals surface area contributed by atoms with Crippen LogP contribution in [0, 0.1) is 11.8 Å². The summed E-state index contributed by atoms with van der Waals surface area (Å²) in [6.45, 7) is 12.1. The van der Waals surface area contributed by atoms with E-state index in [2.05, 4.69) is 61.7 Å². The van der Waals surface area contributed by atoms with E-state index in [1.807, 2.05) is 12.1 Å². The molecule has 6 rings (SSSR count). The Morgan fingerprint density at radius 3 is 2.66 bits per heavy atom. The summed E-state index contributed by atoms with van der Waals surface area (Å²) in [5, 5.41) is 10.3. The number of benzene rings is 2. The third-order valence-electron chi connectivity index (χ3n) is 11.6. The minimum absolute atomic E-state index is 0.0129. The van der Waals surface area contributed by atoms with Gasteiger partial charge in [-0.05, 0) is 110 Å². The van der Waals surface area contributed by atoms with Crippen molar-refractivity contribution in [2.24, 2.45) is 11.8 Å². The van der Waals surface area contributed by atoms with Gasteiger partial charge in [0.1, 0.15) is 12.3 Å². The molecule has 2 bridgehead atoms. The molecule has 2 aliphatic carbocycles. The number of carboxylic acid groups (broad SMARTS) is 1. The maximum absolute atomic E-state index is 13.5. The summed E-state index contributed by atoms with van der Waals surface area (Å²) in [4.78, 5) is 27.6. The van der Waals surface area contributed by atoms with E-state index in [1.54, 1.807) is 18.2 Å². The van der Waals surface area contributed by atoms with Crippen LogP contribution in [0.3, 0.4) is 0 Å². The van der Waals surface area contributed by atoms with Crippen LogP contribution in [0.15, 0.2) is 48.6 Å². The first-order valence-electron chi connectivity index (χ1n) is 17.7. The van der Waals surface area contributed by atoms with Crippen molar-refractivity contribution in [1.82, 2.24) is 9.03 Å². The molecule has 0 unspecified atom stereocenters. The Balaban J connectivity index is 1.44. The molecular formula is C37H50ClN3O7SSi. The molecule has 272 valence electrons. The van der Waals surface area contributed by atoms with Crippen molar-refractivity contribution in [1.29, 1.82) is 0 Å². The number of hydrogen-bond donors (Lipinski definition) is 2. The van der Waals surface area contributed by atoms with Gasteiger partial charge in [0.25, 0.3) is 5.91 Å². The molecule has 2 aromatic rings. The van der Waals surface area contributed by atoms with E-state index < -0.39 is 36.9 Å². The molecule has 1 amide bonds. The highest BCUT2D eigenvalue weighted by atomic mass is 35.5. The van der Waals surface area contributed by atoms with Gasteiger partial charge in [-0.25, -0.2) is 4.72 Å². The second kappa shape index (κ2) is 13.9. The van der Waals surface area contributed by atoms with Crippen LogP contribution in [0.4, 0.5) is 5.69 Å². The molecule has 2 aliphatic heterocycles. The number of hydrogen-bond acceptors (Lipinski definition) is 7. The van der Waals surface area contributed by atoms with Crippen molar-refractivity contribution in [2.75, 3.05) is 37.7 Å². The standard InChI is InChI=1S/C37H50ClN3O7SSi/c1-36(2,3)50(4,5)48-32-10-6-7-18-41(22-34(42)43)49(45,46)39-35(44)26-12-16-33-31(20-26)40(21-27-11-14-29(27)32)23-37(24-47-33)17-8-9-25-19-28(38)13-15-30(25)37/h6,10,12-13,15-16,19-20,27,29,32H,7-9,11,14,17-18,21-24H2,1-5H3,(H,39,44)(H,42,43)/b10-6-/t27-,29+,32-,37-/m0/s1. The highest BCUT2D eigenvalue weighted by Gasteiger charge is 2.47. The van der Waals surface area contributed by atoms with Gasteiger partial charge in [-0.1, -0.05) is 50.6 Å². The molecular weight excluding hydrogens is 694 g/mol. The predicted molar refractivity (Wildman–Crippen MR) is 198 cm³/mol. The largest absolute Gasteiger partial charge is 0.490 e. The van der Waals surface area contributed by atoms with Crippen LogP contribution in [-0.4, -0.2) is 76.9 Å². The van der Waals surface area contributed by atoms with E-state index in [0.29, 0.717) is 29.8 Å². The van der Waals surface area contributed by atoms with Gasteiger partial charge in [0, 0.05) is 35.6 Å². The summed E-state index contributed by atoms with van der Waals surface area (Å²) in [5.41, 5.74) is 3.06. The van der Waals surface area contributed by atoms with Crippen LogP contribution < -0.4 is 14.4 Å². The Labute approximate surface area is 302 Å². The molecule has 1 saturated carbocycles. The number of carboxylic acids is 1. The van der Waals surface area contributed by atoms with Gasteiger partial charge in [0.15, 0.2) is 8.32 Å². The molecule has 0 aromatic heterocycles. The molecule has 1 fully saturated rings. The Morgan fingerprint density at radius 1 is 1.18 bits per heavy atom. The lowest BCUT2D eigenvalue weighted by Crippen LogP contribution is -2.52. The SMILES string of the molecule is CC(C)(C)[Si](C)(C)O[C@H]1/C=C\CCN(CC(=O)O)S(=O)(=O)NC(=O)c2ccc3c(c2)N(C[C@@H]2CC[C@H]21)C[C@@]1(CCCc2cc(Cl)ccc21)CO3. The lowest BCUT2D eigenvalue weighted by atomic mass is 9.68. The van der Waals surface area contributed by atoms with Gasteiger partial charge < -0.3 is 19.2 Å². The lowest BCUT2D eigenvalue weighted by molar-refractivity contribution is -0.137. The minimum Gasteiger partial charge on any atom is -0.490 e. The summed E-state index contributed by atoms with van der Waals surface area (Å²) in [6, 6.07) is 11.2. The number of halogens is 1. The zero-order valence-corrected chi connectivity index (χ0v) is 32.3. The number of carbonyl (C=O) groups is 2. The molecule has 13 heteroatoms. The highest BCUT2D eigenvalue weighted by molar-refractivity contribution is 7.87. The van der Waals surface area contributed by atoms with Crippen molar-refractivity contribution in [3.8, 4) is 5.75 Å². The van der Waals surface area contributed by atoms with Gasteiger partial charge in [-0.15, -0.1) is 0 Å². The zero-order valence-electron chi connectivity index (χ0n) is 29.7. The number of fused-ring (bicyclic) bond motifs is 4. The molecule has 0 radical (unpaired) electrons. The monoisotopic (exact) mass is 743 g/mol. The smallest absolute Gasteiger partial charge is 0.318 e. The second-order valence-electron chi connectivity index (χ2n) is 16.0. The van der Waals surface area contributed by atoms with Crippen molar-refractivity contribution < 1.29 is 32.3 Å². The van der Waals surface area contributed by atoms with Crippen molar-refractivity contribution in [2.45, 2.75) is 88.9 Å². The first-order chi connectivity index (χ1) is 23.5. The number of ether oxygens (including phenoxy) is 1. The number of nitrogens with zero attached hydrogens (tertiary/aromatic N) is 2. The van der Waals surface area contributed by atoms with Crippen molar-refractivity contribution >= 4 is 47.7 Å². The Bertz CT molecular complexity index is 1780. The van der Waals surface area contributed by atoms with Gasteiger partial charge in [-0.2, -0.15) is 12.7 Å². The summed E-state index contributed by atoms with van der Waals surface area (Å²) in [5.74, 6) is -0.955. The second-order valence-corrected chi connectivity index (χ2v) is 22.9. The molecule has 10 nitrogen and oxygen atoms in total. The van der Waals surface area contributed by atoms with Crippen LogP contribution in [0.1, 0.15) is 74.4 Å².